The van der Waals surface area contributed by atoms with Gasteiger partial charge in [-0.3, -0.25) is 14.3 Å². The van der Waals surface area contributed by atoms with Crippen molar-refractivity contribution in [1.82, 2.24) is 15.1 Å². The highest BCUT2D eigenvalue weighted by Gasteiger charge is 2.34. The van der Waals surface area contributed by atoms with Crippen molar-refractivity contribution < 1.29 is 14.3 Å². The third-order valence-electron chi connectivity index (χ3n) is 4.72. The van der Waals surface area contributed by atoms with Gasteiger partial charge in [-0.15, -0.1) is 5.10 Å². The molecule has 7 heteroatoms. The van der Waals surface area contributed by atoms with Crippen LogP contribution in [-0.4, -0.2) is 34.4 Å². The molecular formula is C18H18N4O3. The number of hydrogen-bond acceptors (Lipinski definition) is 4. The van der Waals surface area contributed by atoms with Crippen molar-refractivity contribution in [3.8, 4) is 5.88 Å². The van der Waals surface area contributed by atoms with Crippen molar-refractivity contribution in [2.45, 2.75) is 19.3 Å². The van der Waals surface area contributed by atoms with Crippen molar-refractivity contribution in [2.75, 3.05) is 7.11 Å². The number of hydrogen-bond donors (Lipinski definition) is 1. The first kappa shape index (κ1) is 15.6. The minimum absolute atomic E-state index is 0.0232. The average Bonchev–Trinajstić information content (AvgIpc) is 3.21. The molecule has 3 aliphatic rings. The summed E-state index contributed by atoms with van der Waals surface area (Å²) in [6, 6.07) is 0. The highest BCUT2D eigenvalue weighted by molar-refractivity contribution is 6.14. The summed E-state index contributed by atoms with van der Waals surface area (Å²) < 4.78 is 6.61. The van der Waals surface area contributed by atoms with E-state index in [1.54, 1.807) is 19.3 Å². The molecule has 25 heavy (non-hydrogen) atoms. The third kappa shape index (κ3) is 2.61. The number of aryl methyl sites for hydroxylation is 1. The van der Waals surface area contributed by atoms with Gasteiger partial charge < -0.3 is 10.1 Å². The molecule has 128 valence electrons. The van der Waals surface area contributed by atoms with Crippen LogP contribution >= 0.6 is 0 Å². The SMILES string of the molecule is COc1nn(C)cc1C(=O)N=C1C=CC2C(=C1)NC(=O)C1=C2CCC1. The number of carbonyl (C=O) groups is 2. The van der Waals surface area contributed by atoms with E-state index >= 15 is 0 Å². The van der Waals surface area contributed by atoms with Gasteiger partial charge in [0.15, 0.2) is 0 Å². The van der Waals surface area contributed by atoms with Crippen LogP contribution in [0.15, 0.2) is 46.3 Å². The Hall–Kier alpha value is -2.96. The Bertz CT molecular complexity index is 901. The van der Waals surface area contributed by atoms with Crippen LogP contribution in [0.4, 0.5) is 0 Å². The molecule has 0 radical (unpaired) electrons. The van der Waals surface area contributed by atoms with Crippen LogP contribution in [0.1, 0.15) is 29.6 Å². The van der Waals surface area contributed by atoms with E-state index in [4.69, 9.17) is 4.74 Å². The summed E-state index contributed by atoms with van der Waals surface area (Å²) in [4.78, 5) is 28.8. The summed E-state index contributed by atoms with van der Waals surface area (Å²) in [6.07, 6.45) is 10.00. The number of aliphatic imine (C=N–C) groups is 1. The second kappa shape index (κ2) is 5.84. The predicted octanol–water partition coefficient (Wildman–Crippen LogP) is 1.69. The van der Waals surface area contributed by atoms with Gasteiger partial charge in [-0.1, -0.05) is 6.08 Å². The minimum atomic E-state index is -0.428. The molecule has 1 aromatic rings. The van der Waals surface area contributed by atoms with Gasteiger partial charge in [0.05, 0.1) is 12.8 Å². The highest BCUT2D eigenvalue weighted by Crippen LogP contribution is 2.39. The first-order valence-corrected chi connectivity index (χ1v) is 8.20. The van der Waals surface area contributed by atoms with Crippen LogP contribution in [0.2, 0.25) is 0 Å². The Morgan fingerprint density at radius 1 is 1.44 bits per heavy atom. The van der Waals surface area contributed by atoms with E-state index in [1.165, 1.54) is 17.4 Å². The summed E-state index contributed by atoms with van der Waals surface area (Å²) in [7, 11) is 3.17. The normalized spacial score (nSPS) is 23.3. The van der Waals surface area contributed by atoms with Crippen LogP contribution in [0.3, 0.4) is 0 Å². The van der Waals surface area contributed by atoms with Crippen molar-refractivity contribution in [1.29, 1.82) is 0 Å². The van der Waals surface area contributed by atoms with Crippen LogP contribution in [0.5, 0.6) is 5.88 Å². The molecule has 0 saturated heterocycles. The van der Waals surface area contributed by atoms with E-state index in [0.29, 0.717) is 11.3 Å². The quantitative estimate of drug-likeness (QED) is 0.889. The monoisotopic (exact) mass is 338 g/mol. The van der Waals surface area contributed by atoms with E-state index in [-0.39, 0.29) is 17.7 Å². The van der Waals surface area contributed by atoms with Gasteiger partial charge in [0, 0.05) is 30.4 Å². The topological polar surface area (TPSA) is 85.6 Å². The van der Waals surface area contributed by atoms with Gasteiger partial charge in [-0.05, 0) is 37.0 Å². The maximum absolute atomic E-state index is 12.4. The molecule has 1 unspecified atom stereocenters. The lowest BCUT2D eigenvalue weighted by Crippen LogP contribution is -2.35. The number of fused-ring (bicyclic) bond motifs is 2. The molecule has 2 amide bonds. The lowest BCUT2D eigenvalue weighted by molar-refractivity contribution is -0.117. The average molecular weight is 338 g/mol. The van der Waals surface area contributed by atoms with Crippen molar-refractivity contribution in [2.24, 2.45) is 18.0 Å². The molecule has 1 aromatic heterocycles. The number of nitrogens with one attached hydrogen (secondary N) is 1. The van der Waals surface area contributed by atoms with Crippen LogP contribution < -0.4 is 10.1 Å². The molecule has 2 heterocycles. The molecule has 1 N–H and O–H groups in total. The molecule has 0 aromatic carbocycles. The lowest BCUT2D eigenvalue weighted by Gasteiger charge is -2.28. The molecule has 0 fully saturated rings. The number of ether oxygens (including phenoxy) is 1. The molecule has 4 rings (SSSR count). The van der Waals surface area contributed by atoms with Gasteiger partial charge in [0.25, 0.3) is 11.8 Å². The first-order chi connectivity index (χ1) is 12.1. The number of amides is 2. The summed E-state index contributed by atoms with van der Waals surface area (Å²) in [5, 5.41) is 7.00. The third-order valence-corrected chi connectivity index (χ3v) is 4.72. The molecule has 0 bridgehead atoms. The molecular weight excluding hydrogens is 320 g/mol. The smallest absolute Gasteiger partial charge is 0.284 e. The molecule has 0 spiro atoms. The Morgan fingerprint density at radius 2 is 2.28 bits per heavy atom. The summed E-state index contributed by atoms with van der Waals surface area (Å²) >= 11 is 0. The molecule has 1 aliphatic heterocycles. The fourth-order valence-electron chi connectivity index (χ4n) is 3.60. The number of methoxy groups -OCH3 is 1. The number of carbonyl (C=O) groups excluding carboxylic acids is 2. The Morgan fingerprint density at radius 3 is 3.08 bits per heavy atom. The van der Waals surface area contributed by atoms with Crippen LogP contribution in [-0.2, 0) is 11.8 Å². The molecule has 7 nitrogen and oxygen atoms in total. The van der Waals surface area contributed by atoms with Crippen molar-refractivity contribution in [3.63, 3.8) is 0 Å². The standard InChI is InChI=1S/C18H18N4O3/c1-22-9-14(18(21-22)25-2)17(24)19-10-6-7-12-11-4-3-5-13(11)16(23)20-15(12)8-10/h6-9,12H,3-5H2,1-2H3,(H,20,23). The fourth-order valence-corrected chi connectivity index (χ4v) is 3.60. The second-order valence-corrected chi connectivity index (χ2v) is 6.32. The minimum Gasteiger partial charge on any atom is -0.479 e. The zero-order chi connectivity index (χ0) is 17.6. The van der Waals surface area contributed by atoms with Crippen LogP contribution in [0, 0.1) is 5.92 Å². The van der Waals surface area contributed by atoms with Gasteiger partial charge in [0.1, 0.15) is 5.56 Å². The maximum atomic E-state index is 12.4. The Kier molecular flexibility index (Phi) is 3.63. The van der Waals surface area contributed by atoms with Gasteiger partial charge in [-0.2, -0.15) is 0 Å². The largest absolute Gasteiger partial charge is 0.479 e. The van der Waals surface area contributed by atoms with Crippen molar-refractivity contribution in [3.05, 3.63) is 46.8 Å². The first-order valence-electron chi connectivity index (χ1n) is 8.20. The number of rotatable bonds is 2. The van der Waals surface area contributed by atoms with E-state index in [0.717, 1.165) is 30.5 Å². The van der Waals surface area contributed by atoms with E-state index in [9.17, 15) is 9.59 Å². The fraction of sp³-hybridized carbons (Fsp3) is 0.333. The summed E-state index contributed by atoms with van der Waals surface area (Å²) in [5.41, 5.74) is 3.72. The second-order valence-electron chi connectivity index (χ2n) is 6.32. The summed E-state index contributed by atoms with van der Waals surface area (Å²) in [5.74, 6) is -0.112. The Balaban J connectivity index is 1.63. The van der Waals surface area contributed by atoms with Crippen LogP contribution in [0.25, 0.3) is 0 Å². The summed E-state index contributed by atoms with van der Waals surface area (Å²) in [6.45, 7) is 0. The lowest BCUT2D eigenvalue weighted by atomic mass is 9.85. The molecule has 0 saturated carbocycles. The van der Waals surface area contributed by atoms with Crippen molar-refractivity contribution >= 4 is 17.5 Å². The van der Waals surface area contributed by atoms with Gasteiger partial charge in [0.2, 0.25) is 5.88 Å². The zero-order valence-corrected chi connectivity index (χ0v) is 14.1. The number of nitrogens with zero attached hydrogens (tertiary/aromatic N) is 3. The zero-order valence-electron chi connectivity index (χ0n) is 14.1. The van der Waals surface area contributed by atoms with E-state index in [2.05, 4.69) is 15.4 Å². The molecule has 1 atom stereocenters. The Labute approximate surface area is 144 Å². The maximum Gasteiger partial charge on any atom is 0.284 e. The number of aromatic nitrogens is 2. The highest BCUT2D eigenvalue weighted by atomic mass is 16.5. The van der Waals surface area contributed by atoms with Gasteiger partial charge >= 0.3 is 0 Å². The molecule has 2 aliphatic carbocycles. The van der Waals surface area contributed by atoms with E-state index in [1.807, 2.05) is 12.2 Å². The van der Waals surface area contributed by atoms with E-state index < -0.39 is 5.91 Å². The van der Waals surface area contributed by atoms with Gasteiger partial charge in [-0.25, -0.2) is 4.99 Å². The predicted molar refractivity (Wildman–Crippen MR) is 91.3 cm³/mol. The number of allylic oxidation sites excluding steroid dienone is 3.